The smallest absolute Gasteiger partial charge is 0.229 e. The van der Waals surface area contributed by atoms with E-state index in [-0.39, 0.29) is 29.3 Å². The molecule has 0 spiro atoms. The molecule has 10 heteroatoms. The SMILES string of the molecule is CCN1CCC(C(OC)c2ccc(Nc3ncc(F)c(-c4cc(F)c5nc(C)n(C(C)C)c5c4)n3)nc2)CC1. The van der Waals surface area contributed by atoms with Crippen molar-refractivity contribution < 1.29 is 13.5 Å². The Morgan fingerprint density at radius 3 is 2.46 bits per heavy atom. The maximum Gasteiger partial charge on any atom is 0.229 e. The zero-order chi connectivity index (χ0) is 27.7. The summed E-state index contributed by atoms with van der Waals surface area (Å²) in [6.45, 7) is 11.2. The van der Waals surface area contributed by atoms with Crippen molar-refractivity contribution in [2.75, 3.05) is 32.1 Å². The van der Waals surface area contributed by atoms with Gasteiger partial charge in [0.1, 0.15) is 22.9 Å². The average Bonchev–Trinajstić information content (AvgIpc) is 3.28. The van der Waals surface area contributed by atoms with Crippen LogP contribution in [0.15, 0.2) is 36.7 Å². The first-order chi connectivity index (χ1) is 18.8. The number of halogens is 2. The summed E-state index contributed by atoms with van der Waals surface area (Å²) in [5.74, 6) is 0.640. The third-order valence-electron chi connectivity index (χ3n) is 7.58. The predicted molar refractivity (Wildman–Crippen MR) is 148 cm³/mol. The van der Waals surface area contributed by atoms with Gasteiger partial charge < -0.3 is 19.5 Å². The Morgan fingerprint density at radius 1 is 1.05 bits per heavy atom. The van der Waals surface area contributed by atoms with Crippen LogP contribution in [-0.2, 0) is 4.74 Å². The summed E-state index contributed by atoms with van der Waals surface area (Å²) in [4.78, 5) is 19.8. The number of imidazole rings is 1. The van der Waals surface area contributed by atoms with Gasteiger partial charge in [0.15, 0.2) is 11.6 Å². The van der Waals surface area contributed by atoms with E-state index in [2.05, 4.69) is 37.1 Å². The molecule has 206 valence electrons. The normalized spacial score (nSPS) is 15.8. The fraction of sp³-hybridized carbons (Fsp3) is 0.448. The molecule has 1 aliphatic heterocycles. The topological polar surface area (TPSA) is 81.0 Å². The fourth-order valence-electron chi connectivity index (χ4n) is 5.62. The van der Waals surface area contributed by atoms with Crippen LogP contribution in [0.2, 0.25) is 0 Å². The zero-order valence-corrected chi connectivity index (χ0v) is 23.1. The van der Waals surface area contributed by atoms with Gasteiger partial charge in [-0.15, -0.1) is 0 Å². The van der Waals surface area contributed by atoms with Crippen LogP contribution in [0.3, 0.4) is 0 Å². The molecule has 5 rings (SSSR count). The van der Waals surface area contributed by atoms with Crippen LogP contribution in [0.5, 0.6) is 0 Å². The Hall–Kier alpha value is -3.50. The fourth-order valence-corrected chi connectivity index (χ4v) is 5.62. The molecule has 0 bridgehead atoms. The number of anilines is 2. The van der Waals surface area contributed by atoms with Crippen molar-refractivity contribution in [3.8, 4) is 11.3 Å². The molecule has 0 aliphatic carbocycles. The monoisotopic (exact) mass is 535 g/mol. The first-order valence-corrected chi connectivity index (χ1v) is 13.5. The van der Waals surface area contributed by atoms with Crippen molar-refractivity contribution in [3.05, 3.63) is 59.7 Å². The van der Waals surface area contributed by atoms with Crippen LogP contribution < -0.4 is 5.32 Å². The summed E-state index contributed by atoms with van der Waals surface area (Å²) in [5.41, 5.74) is 2.17. The van der Waals surface area contributed by atoms with Gasteiger partial charge in [-0.3, -0.25) is 0 Å². The van der Waals surface area contributed by atoms with E-state index in [1.165, 1.54) is 6.07 Å². The summed E-state index contributed by atoms with van der Waals surface area (Å²) < 4.78 is 37.6. The van der Waals surface area contributed by atoms with E-state index < -0.39 is 11.6 Å². The van der Waals surface area contributed by atoms with Gasteiger partial charge in [-0.2, -0.15) is 0 Å². The molecular weight excluding hydrogens is 500 g/mol. The summed E-state index contributed by atoms with van der Waals surface area (Å²) in [6, 6.07) is 6.87. The van der Waals surface area contributed by atoms with Crippen LogP contribution >= 0.6 is 0 Å². The van der Waals surface area contributed by atoms with Crippen LogP contribution in [0.4, 0.5) is 20.5 Å². The second-order valence-corrected chi connectivity index (χ2v) is 10.4. The summed E-state index contributed by atoms with van der Waals surface area (Å²) in [5, 5.41) is 3.05. The lowest BCUT2D eigenvalue weighted by Crippen LogP contribution is -2.35. The minimum Gasteiger partial charge on any atom is -0.376 e. The lowest BCUT2D eigenvalue weighted by molar-refractivity contribution is 0.0209. The number of aryl methyl sites for hydroxylation is 1. The Bertz CT molecular complexity index is 1450. The molecule has 1 aliphatic rings. The number of pyridine rings is 1. The second kappa shape index (κ2) is 11.3. The van der Waals surface area contributed by atoms with E-state index in [0.717, 1.165) is 44.2 Å². The average molecular weight is 536 g/mol. The molecule has 39 heavy (non-hydrogen) atoms. The number of hydrogen-bond acceptors (Lipinski definition) is 7. The minimum absolute atomic E-state index is 0.00283. The third-order valence-corrected chi connectivity index (χ3v) is 7.58. The number of piperidine rings is 1. The number of hydrogen-bond donors (Lipinski definition) is 1. The molecule has 1 atom stereocenters. The van der Waals surface area contributed by atoms with E-state index in [1.54, 1.807) is 19.4 Å². The van der Waals surface area contributed by atoms with E-state index in [1.807, 2.05) is 37.5 Å². The molecule has 1 unspecified atom stereocenters. The number of likely N-dealkylation sites (tertiary alicyclic amines) is 1. The van der Waals surface area contributed by atoms with Crippen LogP contribution in [-0.4, -0.2) is 56.1 Å². The van der Waals surface area contributed by atoms with Gasteiger partial charge in [0.05, 0.1) is 17.8 Å². The van der Waals surface area contributed by atoms with Gasteiger partial charge in [0.25, 0.3) is 0 Å². The van der Waals surface area contributed by atoms with Crippen molar-refractivity contribution in [1.29, 1.82) is 0 Å². The highest BCUT2D eigenvalue weighted by atomic mass is 19.1. The number of rotatable bonds is 8. The van der Waals surface area contributed by atoms with E-state index in [9.17, 15) is 8.78 Å². The van der Waals surface area contributed by atoms with Gasteiger partial charge >= 0.3 is 0 Å². The minimum atomic E-state index is -0.646. The Morgan fingerprint density at radius 2 is 1.82 bits per heavy atom. The molecule has 3 aromatic heterocycles. The van der Waals surface area contributed by atoms with Crippen LogP contribution in [0.1, 0.15) is 57.1 Å². The maximum atomic E-state index is 15.0. The molecule has 1 N–H and O–H groups in total. The molecule has 8 nitrogen and oxygen atoms in total. The lowest BCUT2D eigenvalue weighted by atomic mass is 9.88. The van der Waals surface area contributed by atoms with Gasteiger partial charge in [0.2, 0.25) is 5.95 Å². The molecule has 1 saturated heterocycles. The van der Waals surface area contributed by atoms with Crippen LogP contribution in [0, 0.1) is 24.5 Å². The highest BCUT2D eigenvalue weighted by Crippen LogP contribution is 2.34. The van der Waals surface area contributed by atoms with E-state index >= 15 is 0 Å². The second-order valence-electron chi connectivity index (χ2n) is 10.4. The van der Waals surface area contributed by atoms with Gasteiger partial charge in [-0.1, -0.05) is 13.0 Å². The number of benzene rings is 1. The Labute approximate surface area is 227 Å². The van der Waals surface area contributed by atoms with Crippen molar-refractivity contribution in [1.82, 2.24) is 29.4 Å². The third kappa shape index (κ3) is 5.49. The highest BCUT2D eigenvalue weighted by Gasteiger charge is 2.27. The predicted octanol–water partition coefficient (Wildman–Crippen LogP) is 6.22. The summed E-state index contributed by atoms with van der Waals surface area (Å²) in [7, 11) is 1.74. The largest absolute Gasteiger partial charge is 0.376 e. The van der Waals surface area contributed by atoms with Crippen molar-refractivity contribution in [2.45, 2.75) is 52.7 Å². The molecule has 0 radical (unpaired) electrons. The molecular formula is C29H35F2N7O. The number of nitrogens with one attached hydrogen (secondary N) is 1. The number of fused-ring (bicyclic) bond motifs is 1. The van der Waals surface area contributed by atoms with E-state index in [4.69, 9.17) is 4.74 Å². The molecule has 4 aromatic rings. The standard InChI is InChI=1S/C29H35F2N7O/c1-6-37-11-9-19(10-12-37)28(39-5)20-7-8-25(32-15-20)35-29-33-16-23(31)26(36-29)21-13-22(30)27-24(14-21)38(17(2)3)18(4)34-27/h7-8,13-17,19,28H,6,9-12H2,1-5H3,(H,32,33,35,36). The molecule has 0 amide bonds. The molecule has 4 heterocycles. The quantitative estimate of drug-likeness (QED) is 0.287. The first-order valence-electron chi connectivity index (χ1n) is 13.5. The van der Waals surface area contributed by atoms with Crippen molar-refractivity contribution >= 4 is 22.8 Å². The number of nitrogens with zero attached hydrogens (tertiary/aromatic N) is 6. The lowest BCUT2D eigenvalue weighted by Gasteiger charge is -2.35. The van der Waals surface area contributed by atoms with Gasteiger partial charge in [-0.25, -0.2) is 28.7 Å². The Balaban J connectivity index is 1.38. The number of methoxy groups -OCH3 is 1. The van der Waals surface area contributed by atoms with Gasteiger partial charge in [-0.05, 0) is 82.9 Å². The zero-order valence-electron chi connectivity index (χ0n) is 23.1. The molecule has 1 fully saturated rings. The van der Waals surface area contributed by atoms with Crippen molar-refractivity contribution in [2.24, 2.45) is 5.92 Å². The maximum absolute atomic E-state index is 15.0. The van der Waals surface area contributed by atoms with Crippen LogP contribution in [0.25, 0.3) is 22.3 Å². The summed E-state index contributed by atoms with van der Waals surface area (Å²) in [6.07, 6.45) is 5.03. The number of ether oxygens (including phenoxy) is 1. The summed E-state index contributed by atoms with van der Waals surface area (Å²) >= 11 is 0. The van der Waals surface area contributed by atoms with E-state index in [0.29, 0.717) is 28.6 Å². The molecule has 1 aromatic carbocycles. The first kappa shape index (κ1) is 27.1. The Kier molecular flexibility index (Phi) is 7.86. The number of aromatic nitrogens is 5. The van der Waals surface area contributed by atoms with Gasteiger partial charge in [0, 0.05) is 24.9 Å². The van der Waals surface area contributed by atoms with Crippen molar-refractivity contribution in [3.63, 3.8) is 0 Å². The highest BCUT2D eigenvalue weighted by molar-refractivity contribution is 5.83. The molecule has 0 saturated carbocycles.